The molecule has 0 bridgehead atoms. The Morgan fingerprint density at radius 1 is 1.14 bits per heavy atom. The molecule has 0 aliphatic heterocycles. The Labute approximate surface area is 132 Å². The van der Waals surface area contributed by atoms with E-state index in [0.717, 1.165) is 10.9 Å². The maximum Gasteiger partial charge on any atom is 0.152 e. The van der Waals surface area contributed by atoms with Crippen molar-refractivity contribution in [1.29, 1.82) is 0 Å². The quantitative estimate of drug-likeness (QED) is 0.754. The molecule has 0 saturated carbocycles. The molecule has 0 aliphatic carbocycles. The number of ether oxygens (including phenoxy) is 1. The molecule has 2 aromatic carbocycles. The van der Waals surface area contributed by atoms with Crippen LogP contribution in [0.2, 0.25) is 10.0 Å². The first-order valence-electron chi connectivity index (χ1n) is 6.37. The fourth-order valence-corrected chi connectivity index (χ4v) is 2.68. The van der Waals surface area contributed by atoms with Gasteiger partial charge in [-0.3, -0.25) is 0 Å². The lowest BCUT2D eigenvalue weighted by molar-refractivity contribution is 0.404. The van der Waals surface area contributed by atoms with Crippen molar-refractivity contribution in [2.24, 2.45) is 5.73 Å². The topological polar surface area (TPSA) is 48.4 Å². The highest BCUT2D eigenvalue weighted by atomic mass is 35.5. The monoisotopic (exact) mass is 321 g/mol. The van der Waals surface area contributed by atoms with Crippen LogP contribution in [-0.2, 0) is 0 Å². The summed E-state index contributed by atoms with van der Waals surface area (Å²) in [6.07, 6.45) is 0. The molecule has 0 saturated heterocycles. The number of furan rings is 1. The molecule has 0 fully saturated rings. The average molecular weight is 322 g/mol. The molecule has 0 aliphatic rings. The molecule has 0 radical (unpaired) electrons. The van der Waals surface area contributed by atoms with Gasteiger partial charge in [-0.1, -0.05) is 41.4 Å². The van der Waals surface area contributed by atoms with Gasteiger partial charge in [-0.05, 0) is 24.3 Å². The van der Waals surface area contributed by atoms with Gasteiger partial charge in [0, 0.05) is 16.0 Å². The highest BCUT2D eigenvalue weighted by molar-refractivity contribution is 6.34. The van der Waals surface area contributed by atoms with Crippen LogP contribution in [-0.4, -0.2) is 7.11 Å². The van der Waals surface area contributed by atoms with E-state index in [2.05, 4.69) is 0 Å². The molecule has 3 nitrogen and oxygen atoms in total. The SMILES string of the molecule is COc1cc(Cl)ccc1C(N)c1cc2cccc(Cl)c2o1. The predicted molar refractivity (Wildman–Crippen MR) is 85.3 cm³/mol. The summed E-state index contributed by atoms with van der Waals surface area (Å²) in [5, 5.41) is 2.07. The zero-order chi connectivity index (χ0) is 15.0. The first kappa shape index (κ1) is 14.3. The molecule has 1 atom stereocenters. The summed E-state index contributed by atoms with van der Waals surface area (Å²) in [5.74, 6) is 1.25. The van der Waals surface area contributed by atoms with Crippen molar-refractivity contribution in [2.75, 3.05) is 7.11 Å². The minimum absolute atomic E-state index is 0.458. The molecular weight excluding hydrogens is 309 g/mol. The van der Waals surface area contributed by atoms with Crippen molar-refractivity contribution < 1.29 is 9.15 Å². The lowest BCUT2D eigenvalue weighted by Crippen LogP contribution is -2.12. The average Bonchev–Trinajstić information content (AvgIpc) is 2.92. The molecule has 5 heteroatoms. The highest BCUT2D eigenvalue weighted by Gasteiger charge is 2.19. The van der Waals surface area contributed by atoms with Crippen LogP contribution in [0, 0.1) is 0 Å². The van der Waals surface area contributed by atoms with E-state index in [-0.39, 0.29) is 0 Å². The summed E-state index contributed by atoms with van der Waals surface area (Å²) in [6, 6.07) is 12.4. The second-order valence-corrected chi connectivity index (χ2v) is 5.51. The van der Waals surface area contributed by atoms with Crippen LogP contribution in [0.1, 0.15) is 17.4 Å². The number of benzene rings is 2. The van der Waals surface area contributed by atoms with Crippen LogP contribution in [0.4, 0.5) is 0 Å². The van der Waals surface area contributed by atoms with E-state index < -0.39 is 6.04 Å². The molecule has 1 aromatic heterocycles. The molecule has 0 spiro atoms. The molecule has 2 N–H and O–H groups in total. The number of hydrogen-bond donors (Lipinski definition) is 1. The van der Waals surface area contributed by atoms with Gasteiger partial charge in [0.2, 0.25) is 0 Å². The Bertz CT molecular complexity index is 798. The second-order valence-electron chi connectivity index (χ2n) is 4.67. The van der Waals surface area contributed by atoms with Gasteiger partial charge in [-0.15, -0.1) is 0 Å². The summed E-state index contributed by atoms with van der Waals surface area (Å²) in [4.78, 5) is 0. The number of fused-ring (bicyclic) bond motifs is 1. The lowest BCUT2D eigenvalue weighted by Gasteiger charge is -2.13. The van der Waals surface area contributed by atoms with Crippen LogP contribution in [0.3, 0.4) is 0 Å². The summed E-state index contributed by atoms with van der Waals surface area (Å²) in [6.45, 7) is 0. The molecule has 3 rings (SSSR count). The smallest absolute Gasteiger partial charge is 0.152 e. The highest BCUT2D eigenvalue weighted by Crippen LogP contribution is 2.34. The Morgan fingerprint density at radius 2 is 1.95 bits per heavy atom. The lowest BCUT2D eigenvalue weighted by atomic mass is 10.0. The first-order valence-corrected chi connectivity index (χ1v) is 7.12. The van der Waals surface area contributed by atoms with E-state index in [9.17, 15) is 0 Å². The Kier molecular flexibility index (Phi) is 3.81. The third-order valence-electron chi connectivity index (χ3n) is 3.35. The van der Waals surface area contributed by atoms with Gasteiger partial charge >= 0.3 is 0 Å². The second kappa shape index (κ2) is 5.60. The van der Waals surface area contributed by atoms with Crippen molar-refractivity contribution in [2.45, 2.75) is 6.04 Å². The number of halogens is 2. The van der Waals surface area contributed by atoms with Crippen molar-refractivity contribution in [3.05, 3.63) is 63.8 Å². The zero-order valence-electron chi connectivity index (χ0n) is 11.3. The maximum absolute atomic E-state index is 6.30. The van der Waals surface area contributed by atoms with Crippen LogP contribution in [0.5, 0.6) is 5.75 Å². The Hall–Kier alpha value is -1.68. The standard InChI is InChI=1S/C16H13Cl2NO2/c1-20-13-8-10(17)5-6-11(13)15(19)14-7-9-3-2-4-12(18)16(9)21-14/h2-8,15H,19H2,1H3. The third-order valence-corrected chi connectivity index (χ3v) is 3.88. The minimum Gasteiger partial charge on any atom is -0.496 e. The number of hydrogen-bond acceptors (Lipinski definition) is 3. The van der Waals surface area contributed by atoms with E-state index in [1.807, 2.05) is 24.3 Å². The van der Waals surface area contributed by atoms with Gasteiger partial charge in [-0.25, -0.2) is 0 Å². The van der Waals surface area contributed by atoms with E-state index >= 15 is 0 Å². The van der Waals surface area contributed by atoms with Crippen molar-refractivity contribution in [3.63, 3.8) is 0 Å². The molecule has 108 valence electrons. The molecular formula is C16H13Cl2NO2. The van der Waals surface area contributed by atoms with Crippen LogP contribution >= 0.6 is 23.2 Å². The third kappa shape index (κ3) is 2.60. The van der Waals surface area contributed by atoms with Gasteiger partial charge in [0.25, 0.3) is 0 Å². The molecule has 21 heavy (non-hydrogen) atoms. The summed E-state index contributed by atoms with van der Waals surface area (Å²) >= 11 is 12.1. The Balaban J connectivity index is 2.08. The number of rotatable bonds is 3. The number of methoxy groups -OCH3 is 1. The van der Waals surface area contributed by atoms with Crippen molar-refractivity contribution in [3.8, 4) is 5.75 Å². The number of para-hydroxylation sites is 1. The van der Waals surface area contributed by atoms with E-state index in [4.69, 9.17) is 38.1 Å². The van der Waals surface area contributed by atoms with Gasteiger partial charge in [0.15, 0.2) is 5.58 Å². The van der Waals surface area contributed by atoms with E-state index in [1.165, 1.54) is 0 Å². The first-order chi connectivity index (χ1) is 10.1. The van der Waals surface area contributed by atoms with Crippen molar-refractivity contribution in [1.82, 2.24) is 0 Å². The maximum atomic E-state index is 6.30. The Morgan fingerprint density at radius 3 is 2.67 bits per heavy atom. The molecule has 1 unspecified atom stereocenters. The fourth-order valence-electron chi connectivity index (χ4n) is 2.30. The zero-order valence-corrected chi connectivity index (χ0v) is 12.8. The fraction of sp³-hybridized carbons (Fsp3) is 0.125. The number of nitrogens with two attached hydrogens (primary N) is 1. The molecule has 0 amide bonds. The van der Waals surface area contributed by atoms with Crippen LogP contribution < -0.4 is 10.5 Å². The summed E-state index contributed by atoms with van der Waals surface area (Å²) in [7, 11) is 1.58. The van der Waals surface area contributed by atoms with E-state index in [1.54, 1.807) is 25.3 Å². The van der Waals surface area contributed by atoms with Gasteiger partial charge < -0.3 is 14.9 Å². The van der Waals surface area contributed by atoms with Crippen LogP contribution in [0.25, 0.3) is 11.0 Å². The molecule has 1 heterocycles. The van der Waals surface area contributed by atoms with Crippen LogP contribution in [0.15, 0.2) is 46.9 Å². The largest absolute Gasteiger partial charge is 0.496 e. The van der Waals surface area contributed by atoms with Crippen molar-refractivity contribution >= 4 is 34.2 Å². The van der Waals surface area contributed by atoms with Gasteiger partial charge in [0.1, 0.15) is 11.5 Å². The van der Waals surface area contributed by atoms with Gasteiger partial charge in [-0.2, -0.15) is 0 Å². The minimum atomic E-state index is -0.458. The normalized spacial score (nSPS) is 12.6. The summed E-state index contributed by atoms with van der Waals surface area (Å²) < 4.78 is 11.1. The van der Waals surface area contributed by atoms with E-state index in [0.29, 0.717) is 27.1 Å². The van der Waals surface area contributed by atoms with Gasteiger partial charge in [0.05, 0.1) is 18.2 Å². The molecule has 3 aromatic rings. The summed E-state index contributed by atoms with van der Waals surface area (Å²) in [5.41, 5.74) is 7.74. The predicted octanol–water partition coefficient (Wildman–Crippen LogP) is 4.80.